The van der Waals surface area contributed by atoms with Gasteiger partial charge in [0.15, 0.2) is 0 Å². The van der Waals surface area contributed by atoms with Crippen molar-refractivity contribution in [3.05, 3.63) is 0 Å². The second-order valence-corrected chi connectivity index (χ2v) is 7.08. The van der Waals surface area contributed by atoms with Gasteiger partial charge in [-0.1, -0.05) is 0 Å². The van der Waals surface area contributed by atoms with Gasteiger partial charge >= 0.3 is 0 Å². The Labute approximate surface area is 147 Å². The third-order valence-corrected chi connectivity index (χ3v) is 5.89. The quantitative estimate of drug-likeness (QED) is 0.712. The van der Waals surface area contributed by atoms with Crippen LogP contribution in [0.2, 0.25) is 0 Å². The van der Waals surface area contributed by atoms with Gasteiger partial charge in [-0.25, -0.2) is 0 Å². The van der Waals surface area contributed by atoms with Crippen LogP contribution in [0.15, 0.2) is 0 Å². The van der Waals surface area contributed by atoms with Gasteiger partial charge < -0.3 is 15.4 Å². The van der Waals surface area contributed by atoms with Crippen molar-refractivity contribution in [2.75, 3.05) is 19.6 Å². The molecule has 24 heavy (non-hydrogen) atoms. The molecule has 2 N–H and O–H groups in total. The molecule has 3 amide bonds. The predicted octanol–water partition coefficient (Wildman–Crippen LogP) is -0.0896. The van der Waals surface area contributed by atoms with E-state index in [4.69, 9.17) is 10.5 Å². The highest BCUT2D eigenvalue weighted by Gasteiger charge is 2.62. The van der Waals surface area contributed by atoms with Gasteiger partial charge in [0.1, 0.15) is 6.54 Å². The van der Waals surface area contributed by atoms with Gasteiger partial charge in [-0.15, -0.1) is 12.4 Å². The first-order valence-corrected chi connectivity index (χ1v) is 8.62. The third-order valence-electron chi connectivity index (χ3n) is 5.89. The zero-order valence-electron chi connectivity index (χ0n) is 13.6. The van der Waals surface area contributed by atoms with E-state index in [0.717, 1.165) is 32.1 Å². The van der Waals surface area contributed by atoms with Crippen molar-refractivity contribution in [1.82, 2.24) is 9.80 Å². The average molecular weight is 358 g/mol. The van der Waals surface area contributed by atoms with Gasteiger partial charge in [-0.3, -0.25) is 19.3 Å². The van der Waals surface area contributed by atoms with Gasteiger partial charge in [0.2, 0.25) is 17.7 Å². The highest BCUT2D eigenvalue weighted by atomic mass is 35.5. The molecule has 4 fully saturated rings. The van der Waals surface area contributed by atoms with Crippen molar-refractivity contribution in [1.29, 1.82) is 0 Å². The van der Waals surface area contributed by atoms with Crippen LogP contribution in [0.1, 0.15) is 32.1 Å². The summed E-state index contributed by atoms with van der Waals surface area (Å²) in [7, 11) is 0. The number of fused-ring (bicyclic) bond motifs is 5. The smallest absolute Gasteiger partial charge is 0.243 e. The Balaban J connectivity index is 0.00000169. The summed E-state index contributed by atoms with van der Waals surface area (Å²) in [6, 6.07) is 0.0306. The van der Waals surface area contributed by atoms with E-state index in [-0.39, 0.29) is 66.8 Å². The molecule has 2 bridgehead atoms. The number of piperidine rings is 1. The molecule has 0 radical (unpaired) electrons. The molecule has 0 aliphatic carbocycles. The molecule has 8 heteroatoms. The van der Waals surface area contributed by atoms with Gasteiger partial charge in [-0.2, -0.15) is 0 Å². The molecule has 4 aliphatic heterocycles. The van der Waals surface area contributed by atoms with Gasteiger partial charge in [0.05, 0.1) is 24.0 Å². The Hall–Kier alpha value is -1.18. The van der Waals surface area contributed by atoms with Gasteiger partial charge in [0.25, 0.3) is 0 Å². The molecule has 5 unspecified atom stereocenters. The minimum Gasteiger partial charge on any atom is -0.373 e. The van der Waals surface area contributed by atoms with Crippen LogP contribution in [0.25, 0.3) is 0 Å². The van der Waals surface area contributed by atoms with Crippen LogP contribution < -0.4 is 5.73 Å². The summed E-state index contributed by atoms with van der Waals surface area (Å²) in [5.74, 6) is -1.32. The van der Waals surface area contributed by atoms with Crippen LogP contribution in [-0.4, -0.2) is 65.4 Å². The SMILES string of the molecule is Cl.NCC1CCCCN1C(=O)CN1C(=O)C2C3CCC(O3)C2C1=O. The molecule has 4 saturated heterocycles. The largest absolute Gasteiger partial charge is 0.373 e. The van der Waals surface area contributed by atoms with E-state index in [1.54, 1.807) is 4.90 Å². The number of halogens is 1. The fourth-order valence-corrected chi connectivity index (χ4v) is 4.73. The van der Waals surface area contributed by atoms with Crippen molar-refractivity contribution in [2.24, 2.45) is 17.6 Å². The number of amides is 3. The molecular formula is C16H24ClN3O4. The second kappa shape index (κ2) is 6.61. The van der Waals surface area contributed by atoms with Crippen molar-refractivity contribution in [3.63, 3.8) is 0 Å². The van der Waals surface area contributed by atoms with E-state index in [9.17, 15) is 14.4 Å². The Kier molecular flexibility index (Phi) is 4.86. The van der Waals surface area contributed by atoms with Gasteiger partial charge in [-0.05, 0) is 32.1 Å². The van der Waals surface area contributed by atoms with E-state index in [1.165, 1.54) is 4.90 Å². The topological polar surface area (TPSA) is 92.9 Å². The summed E-state index contributed by atoms with van der Waals surface area (Å²) < 4.78 is 5.70. The molecule has 4 heterocycles. The minimum atomic E-state index is -0.360. The van der Waals surface area contributed by atoms with E-state index >= 15 is 0 Å². The summed E-state index contributed by atoms with van der Waals surface area (Å²) in [5, 5.41) is 0. The lowest BCUT2D eigenvalue weighted by molar-refractivity contribution is -0.149. The van der Waals surface area contributed by atoms with Crippen molar-refractivity contribution >= 4 is 30.1 Å². The monoisotopic (exact) mass is 357 g/mol. The van der Waals surface area contributed by atoms with E-state index in [0.29, 0.717) is 13.1 Å². The maximum Gasteiger partial charge on any atom is 0.243 e. The highest BCUT2D eigenvalue weighted by Crippen LogP contribution is 2.48. The first kappa shape index (κ1) is 17.6. The summed E-state index contributed by atoms with van der Waals surface area (Å²) in [6.07, 6.45) is 4.34. The van der Waals surface area contributed by atoms with E-state index in [2.05, 4.69) is 0 Å². The number of carbonyl (C=O) groups excluding carboxylic acids is 3. The molecule has 0 aromatic rings. The van der Waals surface area contributed by atoms with Crippen molar-refractivity contribution in [3.8, 4) is 0 Å². The molecular weight excluding hydrogens is 334 g/mol. The molecule has 4 aliphatic rings. The summed E-state index contributed by atoms with van der Waals surface area (Å²) >= 11 is 0. The fourth-order valence-electron chi connectivity index (χ4n) is 4.73. The molecule has 0 saturated carbocycles. The molecule has 7 nitrogen and oxygen atoms in total. The molecule has 0 aromatic carbocycles. The van der Waals surface area contributed by atoms with Crippen LogP contribution in [0, 0.1) is 11.8 Å². The number of nitrogens with two attached hydrogens (primary N) is 1. The number of imide groups is 1. The normalized spacial score (nSPS) is 37.6. The maximum absolute atomic E-state index is 12.6. The number of hydrogen-bond donors (Lipinski definition) is 1. The number of nitrogens with zero attached hydrogens (tertiary/aromatic N) is 2. The van der Waals surface area contributed by atoms with Crippen LogP contribution in [0.5, 0.6) is 0 Å². The third kappa shape index (κ3) is 2.53. The van der Waals surface area contributed by atoms with Gasteiger partial charge in [0, 0.05) is 19.1 Å². The highest BCUT2D eigenvalue weighted by molar-refractivity contribution is 6.08. The number of hydrogen-bond acceptors (Lipinski definition) is 5. The summed E-state index contributed by atoms with van der Waals surface area (Å²) in [6.45, 7) is 0.954. The van der Waals surface area contributed by atoms with Crippen molar-refractivity contribution in [2.45, 2.75) is 50.4 Å². The maximum atomic E-state index is 12.6. The van der Waals surface area contributed by atoms with Crippen LogP contribution in [0.4, 0.5) is 0 Å². The summed E-state index contributed by atoms with van der Waals surface area (Å²) in [4.78, 5) is 40.7. The molecule has 5 atom stereocenters. The lowest BCUT2D eigenvalue weighted by Crippen LogP contribution is -2.51. The van der Waals surface area contributed by atoms with E-state index < -0.39 is 0 Å². The molecule has 4 rings (SSSR count). The van der Waals surface area contributed by atoms with Crippen LogP contribution >= 0.6 is 12.4 Å². The standard InChI is InChI=1S/C16H23N3O4.ClH/c17-7-9-3-1-2-6-18(9)12(20)8-19-15(21)13-10-4-5-11(23-10)14(13)16(19)22;/h9-11,13-14H,1-8,17H2;1H. The van der Waals surface area contributed by atoms with E-state index in [1.807, 2.05) is 0 Å². The number of rotatable bonds is 3. The Bertz CT molecular complexity index is 529. The first-order valence-electron chi connectivity index (χ1n) is 8.62. The first-order chi connectivity index (χ1) is 11.1. The number of likely N-dealkylation sites (tertiary alicyclic amines) is 2. The van der Waals surface area contributed by atoms with Crippen LogP contribution in [0.3, 0.4) is 0 Å². The lowest BCUT2D eigenvalue weighted by Gasteiger charge is -2.35. The Morgan fingerprint density at radius 3 is 2.29 bits per heavy atom. The molecule has 0 aromatic heterocycles. The fraction of sp³-hybridized carbons (Fsp3) is 0.812. The lowest BCUT2D eigenvalue weighted by atomic mass is 9.81. The average Bonchev–Trinajstić information content (AvgIpc) is 3.24. The second-order valence-electron chi connectivity index (χ2n) is 7.08. The Morgan fingerprint density at radius 1 is 1.08 bits per heavy atom. The van der Waals surface area contributed by atoms with Crippen molar-refractivity contribution < 1.29 is 19.1 Å². The number of ether oxygens (including phenoxy) is 1. The number of carbonyl (C=O) groups is 3. The van der Waals surface area contributed by atoms with Crippen LogP contribution in [-0.2, 0) is 19.1 Å². The summed E-state index contributed by atoms with van der Waals surface area (Å²) in [5.41, 5.74) is 5.76. The zero-order valence-corrected chi connectivity index (χ0v) is 14.4. The minimum absolute atomic E-state index is 0. The molecule has 0 spiro atoms. The molecule has 134 valence electrons. The Morgan fingerprint density at radius 2 is 1.71 bits per heavy atom. The zero-order chi connectivity index (χ0) is 16.1. The predicted molar refractivity (Wildman–Crippen MR) is 87.2 cm³/mol.